The molecule has 2 rings (SSSR count). The van der Waals surface area contributed by atoms with Crippen LogP contribution < -0.4 is 11.1 Å². The summed E-state index contributed by atoms with van der Waals surface area (Å²) in [7, 11) is 2.16. The van der Waals surface area contributed by atoms with E-state index in [9.17, 15) is 4.79 Å². The standard InChI is InChI=1S/C13H20N4O/c1-17-7-3-2-4-11(17)9-16-10-5-6-15-12(8-10)13(14)18/h5-6,8,11H,2-4,7,9H2,1H3,(H2,14,18)(H,15,16). The molecule has 3 N–H and O–H groups in total. The maximum absolute atomic E-state index is 11.0. The van der Waals surface area contributed by atoms with E-state index >= 15 is 0 Å². The van der Waals surface area contributed by atoms with Crippen molar-refractivity contribution in [1.29, 1.82) is 0 Å². The second-order valence-corrected chi connectivity index (χ2v) is 4.81. The SMILES string of the molecule is CN1CCCCC1CNc1ccnc(C(N)=O)c1. The van der Waals surface area contributed by atoms with Gasteiger partial charge in [0.05, 0.1) is 0 Å². The average Bonchev–Trinajstić information content (AvgIpc) is 2.38. The number of piperidine rings is 1. The summed E-state index contributed by atoms with van der Waals surface area (Å²) in [5.74, 6) is -0.492. The zero-order chi connectivity index (χ0) is 13.0. The van der Waals surface area contributed by atoms with Crippen LogP contribution in [0.5, 0.6) is 0 Å². The maximum Gasteiger partial charge on any atom is 0.267 e. The van der Waals surface area contributed by atoms with E-state index in [2.05, 4.69) is 22.2 Å². The third-order valence-corrected chi connectivity index (χ3v) is 3.48. The van der Waals surface area contributed by atoms with Crippen LogP contribution in [0.1, 0.15) is 29.8 Å². The number of carbonyl (C=O) groups excluding carboxylic acids is 1. The smallest absolute Gasteiger partial charge is 0.267 e. The van der Waals surface area contributed by atoms with E-state index in [1.54, 1.807) is 12.3 Å². The Morgan fingerprint density at radius 2 is 2.44 bits per heavy atom. The molecule has 1 amide bonds. The van der Waals surface area contributed by atoms with Gasteiger partial charge < -0.3 is 16.0 Å². The molecule has 18 heavy (non-hydrogen) atoms. The Hall–Kier alpha value is -1.62. The lowest BCUT2D eigenvalue weighted by molar-refractivity contribution is 0.0995. The van der Waals surface area contributed by atoms with Gasteiger partial charge in [-0.3, -0.25) is 9.78 Å². The Labute approximate surface area is 107 Å². The molecule has 0 aliphatic carbocycles. The Morgan fingerprint density at radius 3 is 3.17 bits per heavy atom. The molecular formula is C13H20N4O. The highest BCUT2D eigenvalue weighted by Gasteiger charge is 2.18. The summed E-state index contributed by atoms with van der Waals surface area (Å²) in [5.41, 5.74) is 6.41. The van der Waals surface area contributed by atoms with Gasteiger partial charge in [0.2, 0.25) is 0 Å². The minimum atomic E-state index is -0.492. The lowest BCUT2D eigenvalue weighted by Crippen LogP contribution is -2.40. The molecule has 1 aromatic rings. The fourth-order valence-electron chi connectivity index (χ4n) is 2.31. The first kappa shape index (κ1) is 12.8. The Morgan fingerprint density at radius 1 is 1.61 bits per heavy atom. The molecule has 1 saturated heterocycles. The van der Waals surface area contributed by atoms with Gasteiger partial charge in [-0.2, -0.15) is 0 Å². The number of carbonyl (C=O) groups is 1. The molecule has 1 aromatic heterocycles. The monoisotopic (exact) mass is 248 g/mol. The van der Waals surface area contributed by atoms with E-state index < -0.39 is 5.91 Å². The highest BCUT2D eigenvalue weighted by atomic mass is 16.1. The van der Waals surface area contributed by atoms with E-state index in [0.717, 1.165) is 18.8 Å². The maximum atomic E-state index is 11.0. The lowest BCUT2D eigenvalue weighted by Gasteiger charge is -2.32. The molecule has 5 nitrogen and oxygen atoms in total. The lowest BCUT2D eigenvalue weighted by atomic mass is 10.0. The molecule has 2 heterocycles. The van der Waals surface area contributed by atoms with Gasteiger partial charge in [0, 0.05) is 24.5 Å². The largest absolute Gasteiger partial charge is 0.383 e. The van der Waals surface area contributed by atoms with Gasteiger partial charge in [-0.1, -0.05) is 6.42 Å². The summed E-state index contributed by atoms with van der Waals surface area (Å²) < 4.78 is 0. The van der Waals surface area contributed by atoms with Gasteiger partial charge in [0.15, 0.2) is 0 Å². The van der Waals surface area contributed by atoms with Crippen molar-refractivity contribution in [2.75, 3.05) is 25.5 Å². The molecule has 98 valence electrons. The number of nitrogens with two attached hydrogens (primary N) is 1. The number of anilines is 1. The molecule has 1 aliphatic rings. The number of amides is 1. The highest BCUT2D eigenvalue weighted by molar-refractivity contribution is 5.91. The predicted octanol–water partition coefficient (Wildman–Crippen LogP) is 1.08. The molecule has 0 spiro atoms. The summed E-state index contributed by atoms with van der Waals surface area (Å²) in [4.78, 5) is 17.3. The van der Waals surface area contributed by atoms with Gasteiger partial charge in [0.25, 0.3) is 5.91 Å². The van der Waals surface area contributed by atoms with Gasteiger partial charge in [-0.05, 0) is 38.6 Å². The van der Waals surface area contributed by atoms with E-state index in [4.69, 9.17) is 5.73 Å². The number of likely N-dealkylation sites (N-methyl/N-ethyl adjacent to an activating group) is 1. The molecule has 1 fully saturated rings. The first-order valence-corrected chi connectivity index (χ1v) is 6.37. The van der Waals surface area contributed by atoms with Crippen LogP contribution in [0.15, 0.2) is 18.3 Å². The van der Waals surface area contributed by atoms with Crippen LogP contribution >= 0.6 is 0 Å². The fourth-order valence-corrected chi connectivity index (χ4v) is 2.31. The molecule has 0 aromatic carbocycles. The minimum Gasteiger partial charge on any atom is -0.383 e. The molecule has 1 aliphatic heterocycles. The number of rotatable bonds is 4. The summed E-state index contributed by atoms with van der Waals surface area (Å²) in [5, 5.41) is 3.35. The summed E-state index contributed by atoms with van der Waals surface area (Å²) in [6.45, 7) is 2.05. The van der Waals surface area contributed by atoms with Gasteiger partial charge in [-0.15, -0.1) is 0 Å². The zero-order valence-corrected chi connectivity index (χ0v) is 10.7. The van der Waals surface area contributed by atoms with Crippen molar-refractivity contribution in [3.63, 3.8) is 0 Å². The van der Waals surface area contributed by atoms with Crippen molar-refractivity contribution in [2.24, 2.45) is 5.73 Å². The van der Waals surface area contributed by atoms with Crippen molar-refractivity contribution < 1.29 is 4.79 Å². The van der Waals surface area contributed by atoms with E-state index in [1.165, 1.54) is 19.3 Å². The second-order valence-electron chi connectivity index (χ2n) is 4.81. The number of aromatic nitrogens is 1. The Balaban J connectivity index is 1.93. The molecule has 0 saturated carbocycles. The number of likely N-dealkylation sites (tertiary alicyclic amines) is 1. The molecular weight excluding hydrogens is 228 g/mol. The van der Waals surface area contributed by atoms with Crippen LogP contribution in [-0.4, -0.2) is 42.0 Å². The van der Waals surface area contributed by atoms with Crippen LogP contribution in [-0.2, 0) is 0 Å². The quantitative estimate of drug-likeness (QED) is 0.836. The van der Waals surface area contributed by atoms with Gasteiger partial charge >= 0.3 is 0 Å². The Bertz CT molecular complexity index is 421. The number of nitrogens with one attached hydrogen (secondary N) is 1. The number of hydrogen-bond acceptors (Lipinski definition) is 4. The number of primary amides is 1. The summed E-state index contributed by atoms with van der Waals surface area (Å²) in [6, 6.07) is 4.12. The molecule has 1 atom stereocenters. The molecule has 0 bridgehead atoms. The van der Waals surface area contributed by atoms with Crippen molar-refractivity contribution >= 4 is 11.6 Å². The average molecular weight is 248 g/mol. The third-order valence-electron chi connectivity index (χ3n) is 3.48. The first-order chi connectivity index (χ1) is 8.66. The van der Waals surface area contributed by atoms with Gasteiger partial charge in [-0.25, -0.2) is 0 Å². The molecule has 5 heteroatoms. The van der Waals surface area contributed by atoms with Crippen molar-refractivity contribution in [3.8, 4) is 0 Å². The predicted molar refractivity (Wildman–Crippen MR) is 71.5 cm³/mol. The van der Waals surface area contributed by atoms with Crippen LogP contribution in [0.25, 0.3) is 0 Å². The van der Waals surface area contributed by atoms with Crippen molar-refractivity contribution in [1.82, 2.24) is 9.88 Å². The van der Waals surface area contributed by atoms with Gasteiger partial charge in [0.1, 0.15) is 5.69 Å². The van der Waals surface area contributed by atoms with Crippen molar-refractivity contribution in [3.05, 3.63) is 24.0 Å². The van der Waals surface area contributed by atoms with E-state index in [0.29, 0.717) is 11.7 Å². The van der Waals surface area contributed by atoms with Crippen LogP contribution in [0.4, 0.5) is 5.69 Å². The molecule has 0 radical (unpaired) electrons. The topological polar surface area (TPSA) is 71.2 Å². The van der Waals surface area contributed by atoms with Crippen LogP contribution in [0.2, 0.25) is 0 Å². The number of pyridine rings is 1. The number of hydrogen-bond donors (Lipinski definition) is 2. The third kappa shape index (κ3) is 3.20. The molecule has 1 unspecified atom stereocenters. The minimum absolute atomic E-state index is 0.303. The summed E-state index contributed by atoms with van der Waals surface area (Å²) in [6.07, 6.45) is 5.40. The van der Waals surface area contributed by atoms with E-state index in [1.807, 2.05) is 6.07 Å². The highest BCUT2D eigenvalue weighted by Crippen LogP contribution is 2.16. The second kappa shape index (κ2) is 5.82. The van der Waals surface area contributed by atoms with Crippen LogP contribution in [0.3, 0.4) is 0 Å². The Kier molecular flexibility index (Phi) is 4.15. The van der Waals surface area contributed by atoms with E-state index in [-0.39, 0.29) is 0 Å². The zero-order valence-electron chi connectivity index (χ0n) is 10.7. The number of nitrogens with zero attached hydrogens (tertiary/aromatic N) is 2. The van der Waals surface area contributed by atoms with Crippen LogP contribution in [0, 0.1) is 0 Å². The normalized spacial score (nSPS) is 20.6. The summed E-state index contributed by atoms with van der Waals surface area (Å²) >= 11 is 0. The first-order valence-electron chi connectivity index (χ1n) is 6.37. The van der Waals surface area contributed by atoms with Crippen molar-refractivity contribution in [2.45, 2.75) is 25.3 Å². The fraction of sp³-hybridized carbons (Fsp3) is 0.538.